The lowest BCUT2D eigenvalue weighted by atomic mass is 10.1. The number of para-hydroxylation sites is 1. The summed E-state index contributed by atoms with van der Waals surface area (Å²) in [6.45, 7) is 2.55. The lowest BCUT2D eigenvalue weighted by molar-refractivity contribution is -0.122. The van der Waals surface area contributed by atoms with Crippen molar-refractivity contribution >= 4 is 79.7 Å². The molecule has 0 bridgehead atoms. The van der Waals surface area contributed by atoms with Crippen LogP contribution in [-0.4, -0.2) is 24.5 Å². The molecule has 1 aliphatic rings. The van der Waals surface area contributed by atoms with Gasteiger partial charge in [-0.1, -0.05) is 57.9 Å². The minimum Gasteiger partial charge on any atom is -0.490 e. The number of nitrogens with one attached hydrogen (secondary N) is 1. The van der Waals surface area contributed by atoms with Crippen molar-refractivity contribution in [1.82, 2.24) is 5.32 Å². The molecule has 0 spiro atoms. The molecular weight excluding hydrogens is 663 g/mol. The van der Waals surface area contributed by atoms with Crippen molar-refractivity contribution in [1.29, 1.82) is 0 Å². The van der Waals surface area contributed by atoms with Crippen LogP contribution >= 0.6 is 50.1 Å². The maximum Gasteiger partial charge on any atom is 0.335 e. The average molecular weight is 682 g/mol. The first-order valence-electron chi connectivity index (χ1n) is 10.8. The molecule has 4 amide bonds. The van der Waals surface area contributed by atoms with Crippen LogP contribution in [0.25, 0.3) is 6.08 Å². The number of ether oxygens (including phenoxy) is 2. The number of benzene rings is 3. The summed E-state index contributed by atoms with van der Waals surface area (Å²) in [5.74, 6) is -0.566. The summed E-state index contributed by atoms with van der Waals surface area (Å²) < 4.78 is 13.5. The Kier molecular flexibility index (Phi) is 8.32. The highest BCUT2D eigenvalue weighted by molar-refractivity contribution is 14.1. The molecule has 0 radical (unpaired) electrons. The third-order valence-corrected chi connectivity index (χ3v) is 7.06. The Balaban J connectivity index is 1.68. The number of urea groups is 1. The smallest absolute Gasteiger partial charge is 0.335 e. The number of halogens is 3. The standard InChI is InChI=1S/C26H19BrClIN2O5/c1-2-35-22-13-15(12-20(29)23(22)36-14-16-7-3-4-8-18(16)27)11-17-24(32)30-26(34)31(25(17)33)21-10-6-5-9-19(21)28/h3-13H,2,14H2,1H3,(H,30,32,34)/b17-11+. The third kappa shape index (κ3) is 5.58. The largest absolute Gasteiger partial charge is 0.490 e. The van der Waals surface area contributed by atoms with E-state index in [1.165, 1.54) is 12.1 Å². The second kappa shape index (κ2) is 11.4. The zero-order valence-corrected chi connectivity index (χ0v) is 23.4. The van der Waals surface area contributed by atoms with Crippen LogP contribution in [0.15, 0.2) is 70.7 Å². The highest BCUT2D eigenvalue weighted by atomic mass is 127. The second-order valence-electron chi connectivity index (χ2n) is 7.55. The van der Waals surface area contributed by atoms with Gasteiger partial charge in [-0.3, -0.25) is 14.9 Å². The Morgan fingerprint density at radius 3 is 2.50 bits per heavy atom. The van der Waals surface area contributed by atoms with Crippen LogP contribution in [0.3, 0.4) is 0 Å². The van der Waals surface area contributed by atoms with Crippen molar-refractivity contribution in [2.75, 3.05) is 11.5 Å². The molecule has 184 valence electrons. The van der Waals surface area contributed by atoms with E-state index >= 15 is 0 Å². The molecule has 0 saturated carbocycles. The molecule has 36 heavy (non-hydrogen) atoms. The fraction of sp³-hybridized carbons (Fsp3) is 0.115. The van der Waals surface area contributed by atoms with E-state index in [0.717, 1.165) is 18.5 Å². The fourth-order valence-corrected chi connectivity index (χ4v) is 4.92. The van der Waals surface area contributed by atoms with Crippen LogP contribution in [-0.2, 0) is 16.2 Å². The maximum absolute atomic E-state index is 13.2. The molecular formula is C26H19BrClIN2O5. The van der Waals surface area contributed by atoms with Gasteiger partial charge in [0.1, 0.15) is 12.2 Å². The Morgan fingerprint density at radius 2 is 1.78 bits per heavy atom. The van der Waals surface area contributed by atoms with Gasteiger partial charge in [0.25, 0.3) is 11.8 Å². The molecule has 0 atom stereocenters. The van der Waals surface area contributed by atoms with Crippen molar-refractivity contribution in [2.45, 2.75) is 13.5 Å². The molecule has 1 heterocycles. The number of nitrogens with zero attached hydrogens (tertiary/aromatic N) is 1. The van der Waals surface area contributed by atoms with E-state index in [2.05, 4.69) is 43.8 Å². The van der Waals surface area contributed by atoms with Gasteiger partial charge >= 0.3 is 6.03 Å². The number of hydrogen-bond donors (Lipinski definition) is 1. The van der Waals surface area contributed by atoms with E-state index in [1.54, 1.807) is 30.3 Å². The summed E-state index contributed by atoms with van der Waals surface area (Å²) in [6.07, 6.45) is 1.41. The molecule has 1 saturated heterocycles. The number of amides is 4. The lowest BCUT2D eigenvalue weighted by Crippen LogP contribution is -2.54. The number of carbonyl (C=O) groups excluding carboxylic acids is 3. The zero-order valence-electron chi connectivity index (χ0n) is 18.9. The van der Waals surface area contributed by atoms with Gasteiger partial charge in [-0.15, -0.1) is 0 Å². The van der Waals surface area contributed by atoms with E-state index in [0.29, 0.717) is 30.3 Å². The number of carbonyl (C=O) groups is 3. The molecule has 0 aliphatic carbocycles. The van der Waals surface area contributed by atoms with Gasteiger partial charge in [0.2, 0.25) is 0 Å². The first-order chi connectivity index (χ1) is 17.3. The van der Waals surface area contributed by atoms with Gasteiger partial charge in [0.15, 0.2) is 11.5 Å². The second-order valence-corrected chi connectivity index (χ2v) is 9.98. The third-order valence-electron chi connectivity index (χ3n) is 5.17. The van der Waals surface area contributed by atoms with Gasteiger partial charge < -0.3 is 9.47 Å². The quantitative estimate of drug-likeness (QED) is 0.179. The summed E-state index contributed by atoms with van der Waals surface area (Å²) in [5.41, 5.74) is 1.47. The number of hydrogen-bond acceptors (Lipinski definition) is 5. The van der Waals surface area contributed by atoms with Gasteiger partial charge in [-0.2, -0.15) is 0 Å². The zero-order chi connectivity index (χ0) is 25.8. The van der Waals surface area contributed by atoms with E-state index < -0.39 is 17.8 Å². The summed E-state index contributed by atoms with van der Waals surface area (Å²) in [6, 6.07) is 16.7. The van der Waals surface area contributed by atoms with Crippen LogP contribution in [0.2, 0.25) is 5.02 Å². The van der Waals surface area contributed by atoms with Crippen LogP contribution in [0.5, 0.6) is 11.5 Å². The first-order valence-corrected chi connectivity index (χ1v) is 13.0. The van der Waals surface area contributed by atoms with Crippen LogP contribution in [0, 0.1) is 3.57 Å². The van der Waals surface area contributed by atoms with Crippen molar-refractivity contribution in [3.8, 4) is 11.5 Å². The number of imide groups is 2. The molecule has 3 aromatic carbocycles. The van der Waals surface area contributed by atoms with Gasteiger partial charge in [-0.25, -0.2) is 9.69 Å². The fourth-order valence-electron chi connectivity index (χ4n) is 3.52. The maximum atomic E-state index is 13.2. The van der Waals surface area contributed by atoms with E-state index in [4.69, 9.17) is 21.1 Å². The van der Waals surface area contributed by atoms with Crippen molar-refractivity contribution < 1.29 is 23.9 Å². The van der Waals surface area contributed by atoms with Crippen molar-refractivity contribution in [2.24, 2.45) is 0 Å². The lowest BCUT2D eigenvalue weighted by Gasteiger charge is -2.27. The summed E-state index contributed by atoms with van der Waals surface area (Å²) in [4.78, 5) is 39.1. The predicted molar refractivity (Wildman–Crippen MR) is 149 cm³/mol. The Morgan fingerprint density at radius 1 is 1.06 bits per heavy atom. The predicted octanol–water partition coefficient (Wildman–Crippen LogP) is 6.35. The van der Waals surface area contributed by atoms with Gasteiger partial charge in [0.05, 0.1) is 20.9 Å². The van der Waals surface area contributed by atoms with Crippen molar-refractivity contribution in [3.63, 3.8) is 0 Å². The summed E-state index contributed by atoms with van der Waals surface area (Å²) in [7, 11) is 0. The van der Waals surface area contributed by atoms with E-state index in [9.17, 15) is 14.4 Å². The Hall–Kier alpha value is -2.89. The topological polar surface area (TPSA) is 84.9 Å². The van der Waals surface area contributed by atoms with E-state index in [1.807, 2.05) is 31.2 Å². The van der Waals surface area contributed by atoms with Gasteiger partial charge in [0, 0.05) is 10.0 Å². The minimum atomic E-state index is -0.865. The highest BCUT2D eigenvalue weighted by Crippen LogP contribution is 2.36. The van der Waals surface area contributed by atoms with Crippen molar-refractivity contribution in [3.05, 3.63) is 90.4 Å². The molecule has 0 unspecified atom stereocenters. The molecule has 1 fully saturated rings. The SMILES string of the molecule is CCOc1cc(/C=C2\C(=O)NC(=O)N(c3ccccc3Cl)C2=O)cc(I)c1OCc1ccccc1Br. The normalized spacial score (nSPS) is 14.7. The minimum absolute atomic E-state index is 0.181. The van der Waals surface area contributed by atoms with Crippen LogP contribution < -0.4 is 19.7 Å². The molecule has 1 aliphatic heterocycles. The number of anilines is 1. The molecule has 0 aromatic heterocycles. The Bertz CT molecular complexity index is 1390. The molecule has 3 aromatic rings. The highest BCUT2D eigenvalue weighted by Gasteiger charge is 2.37. The van der Waals surface area contributed by atoms with Gasteiger partial charge in [-0.05, 0) is 71.5 Å². The Labute approximate surface area is 234 Å². The number of rotatable bonds is 7. The number of barbiturate groups is 1. The molecule has 4 rings (SSSR count). The van der Waals surface area contributed by atoms with Crippen LogP contribution in [0.4, 0.5) is 10.5 Å². The van der Waals surface area contributed by atoms with Crippen LogP contribution in [0.1, 0.15) is 18.1 Å². The summed E-state index contributed by atoms with van der Waals surface area (Å²) in [5, 5.41) is 2.41. The average Bonchev–Trinajstić information content (AvgIpc) is 2.83. The molecule has 7 nitrogen and oxygen atoms in total. The summed E-state index contributed by atoms with van der Waals surface area (Å²) >= 11 is 11.8. The molecule has 10 heteroatoms. The van der Waals surface area contributed by atoms with E-state index in [-0.39, 0.29) is 16.3 Å². The monoisotopic (exact) mass is 680 g/mol. The molecule has 1 N–H and O–H groups in total. The first kappa shape index (κ1) is 26.2.